The minimum absolute atomic E-state index is 0.0606. The molecule has 1 unspecified atom stereocenters. The second-order valence-electron chi connectivity index (χ2n) is 6.33. The van der Waals surface area contributed by atoms with E-state index in [1.54, 1.807) is 6.26 Å². The monoisotopic (exact) mass is 322 g/mol. The Morgan fingerprint density at radius 2 is 2.30 bits per heavy atom. The lowest BCUT2D eigenvalue weighted by atomic mass is 10.1. The normalized spacial score (nSPS) is 20.6. The summed E-state index contributed by atoms with van der Waals surface area (Å²) in [6, 6.07) is 4.24. The lowest BCUT2D eigenvalue weighted by Gasteiger charge is -2.25. The lowest BCUT2D eigenvalue weighted by molar-refractivity contribution is 0.104. The van der Waals surface area contributed by atoms with E-state index < -0.39 is 0 Å². The van der Waals surface area contributed by atoms with E-state index in [0.29, 0.717) is 31.7 Å². The van der Waals surface area contributed by atoms with Gasteiger partial charge in [-0.1, -0.05) is 0 Å². The van der Waals surface area contributed by atoms with Crippen molar-refractivity contribution in [1.29, 1.82) is 0 Å². The van der Waals surface area contributed by atoms with Crippen LogP contribution in [0.2, 0.25) is 0 Å². The predicted octanol–water partition coefficient (Wildman–Crippen LogP) is 2.40. The number of urea groups is 1. The summed E-state index contributed by atoms with van der Waals surface area (Å²) >= 11 is 0. The molecule has 2 fully saturated rings. The fourth-order valence-electron chi connectivity index (χ4n) is 2.83. The summed E-state index contributed by atoms with van der Waals surface area (Å²) in [5.41, 5.74) is 0. The fraction of sp³-hybridized carbons (Fsp3) is 0.706. The molecule has 1 saturated heterocycles. The van der Waals surface area contributed by atoms with E-state index in [1.807, 2.05) is 17.0 Å². The van der Waals surface area contributed by atoms with Crippen LogP contribution in [0.3, 0.4) is 0 Å². The molecule has 0 aromatic carbocycles. The Kier molecular flexibility index (Phi) is 5.93. The SMILES string of the molecule is O=C(NCCCOCc1ccco1)N(CC1CCOC1)C1CC1. The number of nitrogens with one attached hydrogen (secondary N) is 1. The number of carbonyl (C=O) groups excluding carboxylic acids is 1. The molecule has 1 saturated carbocycles. The van der Waals surface area contributed by atoms with Gasteiger partial charge < -0.3 is 24.1 Å². The summed E-state index contributed by atoms with van der Waals surface area (Å²) in [7, 11) is 0. The highest BCUT2D eigenvalue weighted by molar-refractivity contribution is 5.74. The van der Waals surface area contributed by atoms with Crippen LogP contribution >= 0.6 is 0 Å². The van der Waals surface area contributed by atoms with Crippen molar-refractivity contribution < 1.29 is 18.7 Å². The number of carbonyl (C=O) groups is 1. The molecular formula is C17H26N2O4. The molecule has 0 radical (unpaired) electrons. The summed E-state index contributed by atoms with van der Waals surface area (Å²) in [6.45, 7) is 4.18. The molecule has 6 heteroatoms. The van der Waals surface area contributed by atoms with Gasteiger partial charge in [-0.2, -0.15) is 0 Å². The summed E-state index contributed by atoms with van der Waals surface area (Å²) in [5, 5.41) is 3.01. The van der Waals surface area contributed by atoms with Crippen LogP contribution in [0.15, 0.2) is 22.8 Å². The van der Waals surface area contributed by atoms with Crippen LogP contribution in [0.25, 0.3) is 0 Å². The molecule has 1 N–H and O–H groups in total. The van der Waals surface area contributed by atoms with Gasteiger partial charge in [0.25, 0.3) is 0 Å². The first kappa shape index (κ1) is 16.3. The van der Waals surface area contributed by atoms with E-state index in [0.717, 1.165) is 51.2 Å². The average Bonchev–Trinajstić information content (AvgIpc) is 3.03. The molecule has 1 atom stereocenters. The Bertz CT molecular complexity index is 467. The molecule has 128 valence electrons. The van der Waals surface area contributed by atoms with Crippen LogP contribution in [0.1, 0.15) is 31.4 Å². The number of furan rings is 1. The minimum atomic E-state index is 0.0606. The maximum atomic E-state index is 12.4. The molecule has 1 aromatic rings. The van der Waals surface area contributed by atoms with E-state index >= 15 is 0 Å². The quantitative estimate of drug-likeness (QED) is 0.709. The third kappa shape index (κ3) is 5.25. The van der Waals surface area contributed by atoms with E-state index in [9.17, 15) is 4.79 Å². The van der Waals surface area contributed by atoms with Crippen LogP contribution < -0.4 is 5.32 Å². The number of ether oxygens (including phenoxy) is 2. The van der Waals surface area contributed by atoms with Gasteiger partial charge in [-0.25, -0.2) is 4.79 Å². The Balaban J connectivity index is 1.29. The molecule has 1 aromatic heterocycles. The number of rotatable bonds is 9. The smallest absolute Gasteiger partial charge is 0.317 e. The standard InChI is InChI=1S/C17H26N2O4/c20-17(18-7-2-8-21-13-16-3-1-9-23-16)19(15-4-5-15)11-14-6-10-22-12-14/h1,3,9,14-15H,2,4-8,10-13H2,(H,18,20). The molecule has 3 rings (SSSR count). The van der Waals surface area contributed by atoms with Crippen LogP contribution in [0.5, 0.6) is 0 Å². The highest BCUT2D eigenvalue weighted by Crippen LogP contribution is 2.28. The van der Waals surface area contributed by atoms with Crippen LogP contribution in [0, 0.1) is 5.92 Å². The van der Waals surface area contributed by atoms with Crippen molar-refractivity contribution in [2.75, 3.05) is 32.9 Å². The zero-order valence-corrected chi connectivity index (χ0v) is 13.5. The Morgan fingerprint density at radius 1 is 1.39 bits per heavy atom. The van der Waals surface area contributed by atoms with Crippen LogP contribution in [0.4, 0.5) is 4.79 Å². The number of nitrogens with zero attached hydrogens (tertiary/aromatic N) is 1. The van der Waals surface area contributed by atoms with Gasteiger partial charge in [-0.05, 0) is 37.8 Å². The summed E-state index contributed by atoms with van der Waals surface area (Å²) in [5.74, 6) is 1.32. The molecule has 23 heavy (non-hydrogen) atoms. The van der Waals surface area contributed by atoms with Crippen molar-refractivity contribution >= 4 is 6.03 Å². The maximum Gasteiger partial charge on any atom is 0.317 e. The number of hydrogen-bond acceptors (Lipinski definition) is 4. The van der Waals surface area contributed by atoms with Crippen molar-refractivity contribution in [2.45, 2.75) is 38.3 Å². The predicted molar refractivity (Wildman–Crippen MR) is 85.0 cm³/mol. The molecule has 2 amide bonds. The average molecular weight is 322 g/mol. The minimum Gasteiger partial charge on any atom is -0.467 e. The van der Waals surface area contributed by atoms with Gasteiger partial charge in [-0.3, -0.25) is 0 Å². The zero-order valence-electron chi connectivity index (χ0n) is 13.5. The van der Waals surface area contributed by atoms with Crippen molar-refractivity contribution in [1.82, 2.24) is 10.2 Å². The third-order valence-electron chi connectivity index (χ3n) is 4.29. The zero-order chi connectivity index (χ0) is 15.9. The van der Waals surface area contributed by atoms with E-state index in [4.69, 9.17) is 13.9 Å². The molecule has 0 bridgehead atoms. The molecular weight excluding hydrogens is 296 g/mol. The van der Waals surface area contributed by atoms with Gasteiger partial charge in [-0.15, -0.1) is 0 Å². The second kappa shape index (κ2) is 8.36. The lowest BCUT2D eigenvalue weighted by Crippen LogP contribution is -2.44. The molecule has 1 aliphatic heterocycles. The first-order valence-corrected chi connectivity index (χ1v) is 8.55. The topological polar surface area (TPSA) is 63.9 Å². The molecule has 6 nitrogen and oxygen atoms in total. The first-order valence-electron chi connectivity index (χ1n) is 8.55. The highest BCUT2D eigenvalue weighted by atomic mass is 16.5. The van der Waals surface area contributed by atoms with Gasteiger partial charge in [0.1, 0.15) is 12.4 Å². The summed E-state index contributed by atoms with van der Waals surface area (Å²) in [6.07, 6.45) is 5.77. The largest absolute Gasteiger partial charge is 0.467 e. The molecule has 0 spiro atoms. The fourth-order valence-corrected chi connectivity index (χ4v) is 2.83. The van der Waals surface area contributed by atoms with E-state index in [2.05, 4.69) is 5.32 Å². The van der Waals surface area contributed by atoms with Gasteiger partial charge in [0.15, 0.2) is 0 Å². The summed E-state index contributed by atoms with van der Waals surface area (Å²) in [4.78, 5) is 14.4. The van der Waals surface area contributed by atoms with Gasteiger partial charge in [0.2, 0.25) is 0 Å². The number of amides is 2. The molecule has 2 heterocycles. The van der Waals surface area contributed by atoms with E-state index in [-0.39, 0.29) is 6.03 Å². The molecule has 1 aliphatic carbocycles. The second-order valence-corrected chi connectivity index (χ2v) is 6.33. The van der Waals surface area contributed by atoms with Crippen LogP contribution in [-0.4, -0.2) is 49.9 Å². The van der Waals surface area contributed by atoms with Crippen molar-refractivity contribution in [3.05, 3.63) is 24.2 Å². The van der Waals surface area contributed by atoms with Gasteiger partial charge >= 0.3 is 6.03 Å². The van der Waals surface area contributed by atoms with Crippen molar-refractivity contribution in [2.24, 2.45) is 5.92 Å². The Morgan fingerprint density at radius 3 is 3.00 bits per heavy atom. The van der Waals surface area contributed by atoms with Crippen LogP contribution in [-0.2, 0) is 16.1 Å². The third-order valence-corrected chi connectivity index (χ3v) is 4.29. The van der Waals surface area contributed by atoms with E-state index in [1.165, 1.54) is 0 Å². The van der Waals surface area contributed by atoms with Gasteiger partial charge in [0, 0.05) is 38.3 Å². The van der Waals surface area contributed by atoms with Crippen molar-refractivity contribution in [3.8, 4) is 0 Å². The maximum absolute atomic E-state index is 12.4. The van der Waals surface area contributed by atoms with Crippen molar-refractivity contribution in [3.63, 3.8) is 0 Å². The summed E-state index contributed by atoms with van der Waals surface area (Å²) < 4.78 is 16.1. The van der Waals surface area contributed by atoms with Gasteiger partial charge in [0.05, 0.1) is 12.9 Å². The highest BCUT2D eigenvalue weighted by Gasteiger charge is 2.34. The molecule has 2 aliphatic rings. The Hall–Kier alpha value is -1.53. The number of hydrogen-bond donors (Lipinski definition) is 1. The first-order chi connectivity index (χ1) is 11.3. The Labute approximate surface area is 137 Å².